The first-order chi connectivity index (χ1) is 11.5. The summed E-state index contributed by atoms with van der Waals surface area (Å²) >= 11 is 0. The maximum Gasteiger partial charge on any atom is 0.347 e. The van der Waals surface area contributed by atoms with Crippen LogP contribution in [0.4, 0.5) is 0 Å². The number of phenolic OH excluding ortho intramolecular Hbond substituents is 2. The van der Waals surface area contributed by atoms with Crippen LogP contribution >= 0.6 is 0 Å². The Bertz CT molecular complexity index is 666. The SMILES string of the molecule is CCO.O=C(O)C(O)C(O)(C(=O)O)C(=O)C=Cc1ccc(O)c(O)c1. The Balaban J connectivity index is 0.00000178. The Hall–Kier alpha value is -2.95. The van der Waals surface area contributed by atoms with Gasteiger partial charge in [0.15, 0.2) is 17.6 Å². The van der Waals surface area contributed by atoms with Gasteiger partial charge in [0.2, 0.25) is 5.78 Å². The Morgan fingerprint density at radius 1 is 1.16 bits per heavy atom. The Morgan fingerprint density at radius 3 is 2.08 bits per heavy atom. The molecule has 0 aromatic heterocycles. The van der Waals surface area contributed by atoms with Crippen LogP contribution in [0.3, 0.4) is 0 Å². The van der Waals surface area contributed by atoms with Crippen molar-refractivity contribution >= 4 is 23.8 Å². The van der Waals surface area contributed by atoms with Gasteiger partial charge < -0.3 is 35.7 Å². The quantitative estimate of drug-likeness (QED) is 0.187. The summed E-state index contributed by atoms with van der Waals surface area (Å²) in [5.74, 6) is -6.83. The molecule has 0 spiro atoms. The van der Waals surface area contributed by atoms with E-state index in [1.165, 1.54) is 6.07 Å². The standard InChI is InChI=1S/C13H12O9.C2H6O/c14-7-3-1-6(5-8(7)15)2-4-9(16)13(22,12(20)21)10(17)11(18)19;1-2-3/h1-5,10,14-15,17,22H,(H,18,19)(H,20,21);3H,2H2,1H3. The minimum Gasteiger partial charge on any atom is -0.504 e. The molecule has 138 valence electrons. The van der Waals surface area contributed by atoms with Crippen molar-refractivity contribution in [3.05, 3.63) is 29.8 Å². The smallest absolute Gasteiger partial charge is 0.347 e. The molecule has 0 radical (unpaired) electrons. The van der Waals surface area contributed by atoms with E-state index in [0.717, 1.165) is 18.2 Å². The third-order valence-electron chi connectivity index (χ3n) is 2.76. The van der Waals surface area contributed by atoms with Crippen LogP contribution in [0.2, 0.25) is 0 Å². The fraction of sp³-hybridized carbons (Fsp3) is 0.267. The molecule has 1 rings (SSSR count). The highest BCUT2D eigenvalue weighted by Crippen LogP contribution is 2.25. The van der Waals surface area contributed by atoms with Gasteiger partial charge in [-0.1, -0.05) is 12.1 Å². The van der Waals surface area contributed by atoms with Gasteiger partial charge >= 0.3 is 11.9 Å². The summed E-state index contributed by atoms with van der Waals surface area (Å²) in [6, 6.07) is 3.38. The largest absolute Gasteiger partial charge is 0.504 e. The maximum atomic E-state index is 11.7. The average molecular weight is 358 g/mol. The number of aromatic hydroxyl groups is 2. The number of aliphatic carboxylic acids is 2. The van der Waals surface area contributed by atoms with Gasteiger partial charge in [-0.15, -0.1) is 0 Å². The number of carbonyl (C=O) groups is 3. The lowest BCUT2D eigenvalue weighted by Gasteiger charge is -2.22. The predicted octanol–water partition coefficient (Wildman–Crippen LogP) is -1.06. The molecule has 2 atom stereocenters. The number of aliphatic hydroxyl groups excluding tert-OH is 2. The normalized spacial score (nSPS) is 14.1. The van der Waals surface area contributed by atoms with E-state index in [1.807, 2.05) is 0 Å². The van der Waals surface area contributed by atoms with Crippen LogP contribution in [0.15, 0.2) is 24.3 Å². The van der Waals surface area contributed by atoms with Crippen molar-refractivity contribution < 1.29 is 50.1 Å². The summed E-state index contributed by atoms with van der Waals surface area (Å²) < 4.78 is 0. The van der Waals surface area contributed by atoms with Crippen molar-refractivity contribution in [3.8, 4) is 11.5 Å². The monoisotopic (exact) mass is 358 g/mol. The third-order valence-corrected chi connectivity index (χ3v) is 2.76. The minimum atomic E-state index is -3.55. The molecule has 0 fully saturated rings. The fourth-order valence-corrected chi connectivity index (χ4v) is 1.48. The van der Waals surface area contributed by atoms with E-state index in [0.29, 0.717) is 6.08 Å². The molecule has 7 N–H and O–H groups in total. The number of carboxylic acid groups (broad SMARTS) is 2. The molecule has 1 aromatic rings. The van der Waals surface area contributed by atoms with Gasteiger partial charge in [-0.25, -0.2) is 9.59 Å². The van der Waals surface area contributed by atoms with Crippen LogP contribution in [0.25, 0.3) is 6.08 Å². The molecular formula is C15H18O10. The molecule has 0 aliphatic carbocycles. The zero-order valence-electron chi connectivity index (χ0n) is 13.0. The second-order valence-electron chi connectivity index (χ2n) is 4.57. The fourth-order valence-electron chi connectivity index (χ4n) is 1.48. The molecule has 2 unspecified atom stereocenters. The molecule has 0 saturated heterocycles. The number of benzene rings is 1. The second kappa shape index (κ2) is 9.37. The van der Waals surface area contributed by atoms with Gasteiger partial charge in [-0.05, 0) is 30.7 Å². The second-order valence-corrected chi connectivity index (χ2v) is 4.57. The number of carboxylic acids is 2. The average Bonchev–Trinajstić information content (AvgIpc) is 2.54. The Kier molecular flexibility index (Phi) is 8.27. The number of rotatable bonds is 6. The molecule has 0 saturated carbocycles. The number of phenols is 2. The molecule has 0 bridgehead atoms. The zero-order valence-corrected chi connectivity index (χ0v) is 13.0. The van der Waals surface area contributed by atoms with E-state index in [9.17, 15) is 29.7 Å². The van der Waals surface area contributed by atoms with Crippen molar-refractivity contribution in [1.82, 2.24) is 0 Å². The number of aliphatic hydroxyl groups is 3. The highest BCUT2D eigenvalue weighted by Gasteiger charge is 2.53. The van der Waals surface area contributed by atoms with Crippen molar-refractivity contribution in [2.75, 3.05) is 6.61 Å². The van der Waals surface area contributed by atoms with Crippen LogP contribution in [0, 0.1) is 0 Å². The maximum absolute atomic E-state index is 11.7. The lowest BCUT2D eigenvalue weighted by atomic mass is 9.91. The van der Waals surface area contributed by atoms with Gasteiger partial charge in [0.25, 0.3) is 5.60 Å². The molecule has 0 heterocycles. The van der Waals surface area contributed by atoms with Gasteiger partial charge in [0.1, 0.15) is 0 Å². The van der Waals surface area contributed by atoms with E-state index in [-0.39, 0.29) is 12.2 Å². The third kappa shape index (κ3) is 5.57. The van der Waals surface area contributed by atoms with E-state index >= 15 is 0 Å². The minimum absolute atomic E-state index is 0.154. The van der Waals surface area contributed by atoms with Gasteiger partial charge in [0, 0.05) is 6.61 Å². The molecule has 10 heteroatoms. The highest BCUT2D eigenvalue weighted by atomic mass is 16.4. The summed E-state index contributed by atoms with van der Waals surface area (Å²) in [6.45, 7) is 1.93. The van der Waals surface area contributed by atoms with Crippen LogP contribution < -0.4 is 0 Å². The summed E-state index contributed by atoms with van der Waals surface area (Å²) in [7, 11) is 0. The van der Waals surface area contributed by atoms with E-state index < -0.39 is 40.9 Å². The Labute approximate surface area is 141 Å². The predicted molar refractivity (Wildman–Crippen MR) is 82.8 cm³/mol. The van der Waals surface area contributed by atoms with Crippen molar-refractivity contribution in [2.45, 2.75) is 18.6 Å². The van der Waals surface area contributed by atoms with Gasteiger partial charge in [-0.3, -0.25) is 4.79 Å². The van der Waals surface area contributed by atoms with Gasteiger partial charge in [0.05, 0.1) is 0 Å². The lowest BCUT2D eigenvalue weighted by Crippen LogP contribution is -2.58. The summed E-state index contributed by atoms with van der Waals surface area (Å²) in [4.78, 5) is 33.2. The van der Waals surface area contributed by atoms with E-state index in [2.05, 4.69) is 0 Å². The zero-order chi connectivity index (χ0) is 19.8. The lowest BCUT2D eigenvalue weighted by molar-refractivity contribution is -0.184. The van der Waals surface area contributed by atoms with E-state index in [4.69, 9.17) is 20.4 Å². The Morgan fingerprint density at radius 2 is 1.68 bits per heavy atom. The number of carbonyl (C=O) groups excluding carboxylic acids is 1. The summed E-state index contributed by atoms with van der Waals surface area (Å²) in [5.41, 5.74) is -3.40. The van der Waals surface area contributed by atoms with Crippen LogP contribution in [0.5, 0.6) is 11.5 Å². The highest BCUT2D eigenvalue weighted by molar-refractivity contribution is 6.16. The topological polar surface area (TPSA) is 193 Å². The number of hydrogen-bond donors (Lipinski definition) is 7. The van der Waals surface area contributed by atoms with Crippen LogP contribution in [-0.4, -0.2) is 71.8 Å². The molecular weight excluding hydrogens is 340 g/mol. The van der Waals surface area contributed by atoms with Crippen LogP contribution in [0.1, 0.15) is 12.5 Å². The summed E-state index contributed by atoms with van der Waals surface area (Å²) in [5, 5.41) is 62.1. The number of ketones is 1. The molecule has 10 nitrogen and oxygen atoms in total. The molecule has 0 amide bonds. The molecule has 0 aliphatic heterocycles. The molecule has 25 heavy (non-hydrogen) atoms. The molecule has 1 aromatic carbocycles. The first-order valence-electron chi connectivity index (χ1n) is 6.74. The van der Waals surface area contributed by atoms with Crippen molar-refractivity contribution in [1.29, 1.82) is 0 Å². The first kappa shape index (κ1) is 22.1. The van der Waals surface area contributed by atoms with Crippen molar-refractivity contribution in [3.63, 3.8) is 0 Å². The first-order valence-corrected chi connectivity index (χ1v) is 6.74. The molecule has 0 aliphatic rings. The van der Waals surface area contributed by atoms with E-state index in [1.54, 1.807) is 6.92 Å². The van der Waals surface area contributed by atoms with Crippen molar-refractivity contribution in [2.24, 2.45) is 0 Å². The van der Waals surface area contributed by atoms with Gasteiger partial charge in [-0.2, -0.15) is 0 Å². The van der Waals surface area contributed by atoms with Crippen LogP contribution in [-0.2, 0) is 14.4 Å². The number of hydrogen-bond acceptors (Lipinski definition) is 8. The summed E-state index contributed by atoms with van der Waals surface area (Å²) in [6.07, 6.45) is -1.37.